The van der Waals surface area contributed by atoms with Gasteiger partial charge in [0.2, 0.25) is 12.6 Å². The first-order valence-corrected chi connectivity index (χ1v) is 16.0. The van der Waals surface area contributed by atoms with Gasteiger partial charge in [-0.15, -0.1) is 0 Å². The largest absolute Gasteiger partial charge is 0.543 e. The summed E-state index contributed by atoms with van der Waals surface area (Å²) in [6.07, 6.45) is 8.29. The Kier molecular flexibility index (Phi) is 14.6. The first kappa shape index (κ1) is 37.5. The highest BCUT2D eigenvalue weighted by atomic mass is 16.4. The van der Waals surface area contributed by atoms with Gasteiger partial charge in [-0.1, -0.05) is 72.8 Å². The highest BCUT2D eigenvalue weighted by Crippen LogP contribution is 2.27. The topological polar surface area (TPSA) is 170 Å². The SMILES string of the molecule is O=C([O-])C(=O)[O-].O=CC(Nc1ccccc1Nc1ccccc1)[n+]1ccccc1.O=CC(Nc1ccccc1Nc1ccccc1)[n+]1ccccc1. The summed E-state index contributed by atoms with van der Waals surface area (Å²) in [7, 11) is 0. The van der Waals surface area contributed by atoms with Gasteiger partial charge >= 0.3 is 0 Å². The van der Waals surface area contributed by atoms with Crippen LogP contribution in [-0.2, 0) is 19.2 Å². The molecule has 4 N–H and O–H groups in total. The molecule has 2 atom stereocenters. The zero-order valence-corrected chi connectivity index (χ0v) is 27.8. The molecular weight excluding hydrogens is 660 g/mol. The highest BCUT2D eigenvalue weighted by Gasteiger charge is 2.18. The van der Waals surface area contributed by atoms with Crippen molar-refractivity contribution < 1.29 is 38.5 Å². The number of hydrogen-bond acceptors (Lipinski definition) is 10. The molecule has 0 amide bonds. The van der Waals surface area contributed by atoms with Crippen molar-refractivity contribution in [1.29, 1.82) is 0 Å². The number of rotatable bonds is 12. The molecule has 0 bridgehead atoms. The normalized spacial score (nSPS) is 11.0. The van der Waals surface area contributed by atoms with E-state index in [0.717, 1.165) is 46.7 Å². The number of nitrogens with zero attached hydrogens (tertiary/aromatic N) is 2. The molecule has 52 heavy (non-hydrogen) atoms. The lowest BCUT2D eigenvalue weighted by Crippen LogP contribution is -2.44. The van der Waals surface area contributed by atoms with Crippen LogP contribution in [0.4, 0.5) is 34.1 Å². The number of carbonyl (C=O) groups excluding carboxylic acids is 4. The average molecular weight is 697 g/mol. The van der Waals surface area contributed by atoms with Gasteiger partial charge in [0.1, 0.15) is 0 Å². The number of aliphatic carboxylic acids is 2. The van der Waals surface area contributed by atoms with E-state index in [0.29, 0.717) is 0 Å². The summed E-state index contributed by atoms with van der Waals surface area (Å²) < 4.78 is 3.65. The molecule has 2 aromatic heterocycles. The number of para-hydroxylation sites is 6. The number of aromatic nitrogens is 2. The average Bonchev–Trinajstić information content (AvgIpc) is 3.19. The van der Waals surface area contributed by atoms with Crippen molar-refractivity contribution in [2.24, 2.45) is 0 Å². The predicted octanol–water partition coefficient (Wildman–Crippen LogP) is 3.54. The van der Waals surface area contributed by atoms with Crippen molar-refractivity contribution in [2.45, 2.75) is 12.3 Å². The Hall–Kier alpha value is -7.34. The zero-order chi connectivity index (χ0) is 37.0. The summed E-state index contributed by atoms with van der Waals surface area (Å²) in [5.74, 6) is -4.37. The number of carboxylic acid groups (broad SMARTS) is 2. The van der Waals surface area contributed by atoms with Crippen molar-refractivity contribution in [3.63, 3.8) is 0 Å². The van der Waals surface area contributed by atoms with Gasteiger partial charge in [0.05, 0.1) is 34.7 Å². The number of carboxylic acids is 2. The molecule has 0 aliphatic carbocycles. The van der Waals surface area contributed by atoms with Crippen molar-refractivity contribution >= 4 is 58.6 Å². The third-order valence-corrected chi connectivity index (χ3v) is 7.11. The lowest BCUT2D eigenvalue weighted by atomic mass is 10.2. The minimum atomic E-state index is -2.19. The van der Waals surface area contributed by atoms with Crippen molar-refractivity contribution in [3.8, 4) is 0 Å². The van der Waals surface area contributed by atoms with Crippen LogP contribution in [0.2, 0.25) is 0 Å². The van der Waals surface area contributed by atoms with Crippen LogP contribution in [0.3, 0.4) is 0 Å². The molecule has 12 heteroatoms. The van der Waals surface area contributed by atoms with E-state index >= 15 is 0 Å². The van der Waals surface area contributed by atoms with E-state index in [2.05, 4.69) is 21.3 Å². The molecule has 0 radical (unpaired) electrons. The van der Waals surface area contributed by atoms with Gasteiger partial charge in [0.25, 0.3) is 12.3 Å². The van der Waals surface area contributed by atoms with Gasteiger partial charge < -0.3 is 41.1 Å². The van der Waals surface area contributed by atoms with Gasteiger partial charge in [-0.25, -0.2) is 0 Å². The third kappa shape index (κ3) is 12.0. The molecule has 0 spiro atoms. The van der Waals surface area contributed by atoms with Crippen LogP contribution in [0, 0.1) is 0 Å². The first-order chi connectivity index (χ1) is 25.4. The Bertz CT molecular complexity index is 1860. The lowest BCUT2D eigenvalue weighted by molar-refractivity contribution is -0.702. The lowest BCUT2D eigenvalue weighted by Gasteiger charge is -2.15. The molecule has 0 aliphatic rings. The molecule has 262 valence electrons. The van der Waals surface area contributed by atoms with E-state index in [-0.39, 0.29) is 0 Å². The monoisotopic (exact) mass is 696 g/mol. The van der Waals surface area contributed by atoms with Gasteiger partial charge in [0.15, 0.2) is 24.8 Å². The molecule has 6 rings (SSSR count). The number of benzene rings is 4. The van der Waals surface area contributed by atoms with E-state index in [1.807, 2.05) is 180 Å². The molecule has 6 aromatic rings. The van der Waals surface area contributed by atoms with Gasteiger partial charge in [-0.3, -0.25) is 9.59 Å². The van der Waals surface area contributed by atoms with Gasteiger partial charge in [-0.05, 0) is 48.5 Å². The second-order valence-electron chi connectivity index (χ2n) is 10.7. The fourth-order valence-corrected chi connectivity index (χ4v) is 4.66. The quantitative estimate of drug-likeness (QED) is 0.0844. The van der Waals surface area contributed by atoms with Crippen LogP contribution in [0.5, 0.6) is 0 Å². The summed E-state index contributed by atoms with van der Waals surface area (Å²) in [6, 6.07) is 46.9. The standard InChI is InChI=1S/2C19H18N3O.C2H2O4/c2*23-15-19(22-13-7-2-8-14-22)21-18-12-6-5-11-17(18)20-16-9-3-1-4-10-16;3-1(4)2(5)6/h2*1-15,19-21H;(H,3,4)(H,5,6)/q2*+1;/p-2. The van der Waals surface area contributed by atoms with Crippen LogP contribution in [0.25, 0.3) is 0 Å². The van der Waals surface area contributed by atoms with Crippen molar-refractivity contribution in [1.82, 2.24) is 0 Å². The summed E-state index contributed by atoms with van der Waals surface area (Å²) in [5.41, 5.74) is 5.56. The second-order valence-corrected chi connectivity index (χ2v) is 10.7. The van der Waals surface area contributed by atoms with Gasteiger partial charge in [0, 0.05) is 35.6 Å². The Morgan fingerprint density at radius 2 is 0.731 bits per heavy atom. The Balaban J connectivity index is 0.000000202. The number of hydrogen-bond donors (Lipinski definition) is 4. The fourth-order valence-electron chi connectivity index (χ4n) is 4.66. The van der Waals surface area contributed by atoms with Crippen LogP contribution >= 0.6 is 0 Å². The Labute approximate surface area is 300 Å². The highest BCUT2D eigenvalue weighted by molar-refractivity contribution is 6.25. The predicted molar refractivity (Wildman–Crippen MR) is 193 cm³/mol. The molecule has 2 heterocycles. The summed E-state index contributed by atoms with van der Waals surface area (Å²) in [5, 5.41) is 31.1. The number of anilines is 6. The molecule has 0 saturated heterocycles. The van der Waals surface area contributed by atoms with E-state index in [9.17, 15) is 9.59 Å². The summed E-state index contributed by atoms with van der Waals surface area (Å²) in [6.45, 7) is 0. The molecule has 0 saturated carbocycles. The van der Waals surface area contributed by atoms with E-state index in [1.165, 1.54) is 0 Å². The number of pyridine rings is 2. The smallest absolute Gasteiger partial charge is 0.288 e. The van der Waals surface area contributed by atoms with Crippen LogP contribution in [-0.4, -0.2) is 24.5 Å². The maximum absolute atomic E-state index is 11.5. The van der Waals surface area contributed by atoms with E-state index < -0.39 is 24.3 Å². The minimum absolute atomic E-state index is 0.463. The number of carbonyl (C=O) groups is 4. The maximum Gasteiger partial charge on any atom is 0.288 e. The molecular formula is C40H36N6O6. The van der Waals surface area contributed by atoms with Gasteiger partial charge in [-0.2, -0.15) is 9.13 Å². The van der Waals surface area contributed by atoms with Crippen molar-refractivity contribution in [2.75, 3.05) is 21.3 Å². The number of nitrogens with one attached hydrogen (secondary N) is 4. The Morgan fingerprint density at radius 1 is 0.442 bits per heavy atom. The molecule has 12 nitrogen and oxygen atoms in total. The molecule has 0 aliphatic heterocycles. The first-order valence-electron chi connectivity index (χ1n) is 16.0. The van der Waals surface area contributed by atoms with Crippen LogP contribution in [0.15, 0.2) is 170 Å². The Morgan fingerprint density at radius 3 is 1.04 bits per heavy atom. The van der Waals surface area contributed by atoms with E-state index in [4.69, 9.17) is 19.8 Å². The number of aldehydes is 2. The maximum atomic E-state index is 11.5. The zero-order valence-electron chi connectivity index (χ0n) is 27.8. The second kappa shape index (κ2) is 20.2. The summed E-state index contributed by atoms with van der Waals surface area (Å²) in [4.78, 5) is 40.8. The summed E-state index contributed by atoms with van der Waals surface area (Å²) >= 11 is 0. The van der Waals surface area contributed by atoms with Crippen molar-refractivity contribution in [3.05, 3.63) is 170 Å². The minimum Gasteiger partial charge on any atom is -0.543 e. The van der Waals surface area contributed by atoms with E-state index in [1.54, 1.807) is 0 Å². The molecule has 0 fully saturated rings. The van der Waals surface area contributed by atoms with Crippen LogP contribution < -0.4 is 40.6 Å². The molecule has 4 aromatic carbocycles. The third-order valence-electron chi connectivity index (χ3n) is 7.11. The van der Waals surface area contributed by atoms with Crippen LogP contribution in [0.1, 0.15) is 12.3 Å². The molecule has 2 unspecified atom stereocenters. The fraction of sp³-hybridized carbons (Fsp3) is 0.0500.